The number of hydrogen-bond acceptors (Lipinski definition) is 2. The maximum absolute atomic E-state index is 12.1. The number of rotatable bonds is 12. The minimum absolute atomic E-state index is 0.189. The van der Waals surface area contributed by atoms with E-state index in [0.29, 0.717) is 18.4 Å². The van der Waals surface area contributed by atoms with E-state index < -0.39 is 6.09 Å². The Morgan fingerprint density at radius 3 is 2.08 bits per heavy atom. The summed E-state index contributed by atoms with van der Waals surface area (Å²) in [4.78, 5) is 13.9. The van der Waals surface area contributed by atoms with Crippen molar-refractivity contribution in [3.05, 3.63) is 0 Å². The normalized spacial score (nSPS) is 23.0. The number of carbonyl (C=O) groups is 1. The number of unbranched alkanes of at least 4 members (excludes halogenated alkanes) is 3. The van der Waals surface area contributed by atoms with Crippen molar-refractivity contribution in [1.82, 2.24) is 4.90 Å². The molecule has 2 atom stereocenters. The highest BCUT2D eigenvalue weighted by Crippen LogP contribution is 2.48. The first-order valence-electron chi connectivity index (χ1n) is 10.7. The zero-order valence-corrected chi connectivity index (χ0v) is 16.8. The van der Waals surface area contributed by atoms with Gasteiger partial charge < -0.3 is 15.1 Å². The van der Waals surface area contributed by atoms with E-state index in [-0.39, 0.29) is 12.1 Å². The highest BCUT2D eigenvalue weighted by atomic mass is 16.4. The second-order valence-corrected chi connectivity index (χ2v) is 7.91. The molecule has 1 amide bonds. The van der Waals surface area contributed by atoms with Crippen LogP contribution in [0.3, 0.4) is 0 Å². The molecule has 0 aromatic rings. The molecule has 1 fully saturated rings. The Labute approximate surface area is 155 Å². The average Bonchev–Trinajstić information content (AvgIpc) is 2.61. The number of piperidine rings is 1. The molecule has 2 unspecified atom stereocenters. The summed E-state index contributed by atoms with van der Waals surface area (Å²) in [6.07, 6.45) is 12.0. The summed E-state index contributed by atoms with van der Waals surface area (Å²) in [5, 5.41) is 19.3. The van der Waals surface area contributed by atoms with Gasteiger partial charge in [-0.1, -0.05) is 59.3 Å². The Hall–Kier alpha value is -0.770. The minimum Gasteiger partial charge on any atom is -0.465 e. The lowest BCUT2D eigenvalue weighted by atomic mass is 9.63. The molecule has 4 nitrogen and oxygen atoms in total. The second kappa shape index (κ2) is 11.8. The van der Waals surface area contributed by atoms with Gasteiger partial charge in [0, 0.05) is 18.7 Å². The number of carboxylic acid groups (broad SMARTS) is 1. The van der Waals surface area contributed by atoms with E-state index in [0.717, 1.165) is 70.6 Å². The van der Waals surface area contributed by atoms with Crippen molar-refractivity contribution in [3.8, 4) is 0 Å². The van der Waals surface area contributed by atoms with Gasteiger partial charge in [-0.15, -0.1) is 0 Å². The van der Waals surface area contributed by atoms with Crippen LogP contribution in [0.15, 0.2) is 0 Å². The van der Waals surface area contributed by atoms with Gasteiger partial charge >= 0.3 is 6.09 Å². The Balaban J connectivity index is 3.20. The monoisotopic (exact) mass is 355 g/mol. The number of aliphatic hydroxyl groups excluding tert-OH is 1. The van der Waals surface area contributed by atoms with Crippen LogP contribution in [-0.4, -0.2) is 39.9 Å². The van der Waals surface area contributed by atoms with Gasteiger partial charge in [-0.3, -0.25) is 0 Å². The first-order valence-corrected chi connectivity index (χ1v) is 10.7. The highest BCUT2D eigenvalue weighted by molar-refractivity contribution is 5.66. The maximum Gasteiger partial charge on any atom is 0.407 e. The standard InChI is InChI=1S/C21H41NO3/c1-4-7-12-19-18(11-10-17-23)13-16-22(20(24)25)21(19,14-8-5-2)15-9-6-3/h18-19,23H,4-17H2,1-3H3,(H,24,25). The summed E-state index contributed by atoms with van der Waals surface area (Å²) in [7, 11) is 0. The van der Waals surface area contributed by atoms with Crippen LogP contribution in [0.25, 0.3) is 0 Å². The lowest BCUT2D eigenvalue weighted by molar-refractivity contribution is -0.0467. The van der Waals surface area contributed by atoms with Crippen molar-refractivity contribution in [3.63, 3.8) is 0 Å². The molecule has 0 radical (unpaired) electrons. The zero-order chi connectivity index (χ0) is 18.7. The van der Waals surface area contributed by atoms with Gasteiger partial charge in [-0.25, -0.2) is 4.79 Å². The van der Waals surface area contributed by atoms with Crippen molar-refractivity contribution in [1.29, 1.82) is 0 Å². The van der Waals surface area contributed by atoms with E-state index in [2.05, 4.69) is 20.8 Å². The van der Waals surface area contributed by atoms with Gasteiger partial charge in [0.25, 0.3) is 0 Å². The maximum atomic E-state index is 12.1. The topological polar surface area (TPSA) is 60.8 Å². The van der Waals surface area contributed by atoms with E-state index in [1.54, 1.807) is 0 Å². The first kappa shape index (κ1) is 22.3. The van der Waals surface area contributed by atoms with E-state index in [9.17, 15) is 15.0 Å². The summed E-state index contributed by atoms with van der Waals surface area (Å²) in [5.41, 5.74) is -0.189. The van der Waals surface area contributed by atoms with Gasteiger partial charge in [0.2, 0.25) is 0 Å². The van der Waals surface area contributed by atoms with Gasteiger partial charge in [0.05, 0.1) is 0 Å². The van der Waals surface area contributed by atoms with Crippen molar-refractivity contribution in [2.45, 2.75) is 103 Å². The molecule has 0 aromatic heterocycles. The molecule has 0 bridgehead atoms. The number of aliphatic hydroxyl groups is 1. The molecule has 2 N–H and O–H groups in total. The van der Waals surface area contributed by atoms with Crippen LogP contribution in [0.4, 0.5) is 4.79 Å². The Kier molecular flexibility index (Phi) is 10.5. The number of likely N-dealkylation sites (tertiary alicyclic amines) is 1. The fourth-order valence-electron chi connectivity index (χ4n) is 5.00. The summed E-state index contributed by atoms with van der Waals surface area (Å²) < 4.78 is 0. The second-order valence-electron chi connectivity index (χ2n) is 7.91. The van der Waals surface area contributed by atoms with E-state index in [1.165, 1.54) is 6.42 Å². The summed E-state index contributed by atoms with van der Waals surface area (Å²) in [5.74, 6) is 1.00. The van der Waals surface area contributed by atoms with Crippen LogP contribution in [0, 0.1) is 11.8 Å². The minimum atomic E-state index is -0.727. The lowest BCUT2D eigenvalue weighted by Crippen LogP contribution is -2.61. The molecule has 1 rings (SSSR count). The van der Waals surface area contributed by atoms with Gasteiger partial charge in [-0.2, -0.15) is 0 Å². The highest BCUT2D eigenvalue weighted by Gasteiger charge is 2.50. The molecule has 0 spiro atoms. The van der Waals surface area contributed by atoms with E-state index >= 15 is 0 Å². The molecule has 1 saturated heterocycles. The van der Waals surface area contributed by atoms with Gasteiger partial charge in [0.15, 0.2) is 0 Å². The molecule has 1 aliphatic rings. The lowest BCUT2D eigenvalue weighted by Gasteiger charge is -2.55. The first-order chi connectivity index (χ1) is 12.1. The predicted octanol–water partition coefficient (Wildman–Crippen LogP) is 5.68. The summed E-state index contributed by atoms with van der Waals surface area (Å²) >= 11 is 0. The van der Waals surface area contributed by atoms with Crippen LogP contribution in [-0.2, 0) is 0 Å². The third kappa shape index (κ3) is 5.87. The van der Waals surface area contributed by atoms with Crippen molar-refractivity contribution >= 4 is 6.09 Å². The van der Waals surface area contributed by atoms with Crippen LogP contribution < -0.4 is 0 Å². The van der Waals surface area contributed by atoms with Crippen molar-refractivity contribution in [2.24, 2.45) is 11.8 Å². The smallest absolute Gasteiger partial charge is 0.407 e. The fraction of sp³-hybridized carbons (Fsp3) is 0.952. The molecule has 1 aliphatic heterocycles. The average molecular weight is 356 g/mol. The predicted molar refractivity (Wildman–Crippen MR) is 104 cm³/mol. The third-order valence-corrected chi connectivity index (χ3v) is 6.28. The quantitative estimate of drug-likeness (QED) is 0.473. The van der Waals surface area contributed by atoms with Crippen molar-refractivity contribution < 1.29 is 15.0 Å². The Morgan fingerprint density at radius 1 is 1.00 bits per heavy atom. The molecular weight excluding hydrogens is 314 g/mol. The Morgan fingerprint density at radius 2 is 1.60 bits per heavy atom. The Bertz CT molecular complexity index is 364. The molecule has 0 aromatic carbocycles. The number of amides is 1. The van der Waals surface area contributed by atoms with Crippen LogP contribution in [0.1, 0.15) is 97.8 Å². The van der Waals surface area contributed by atoms with Crippen LogP contribution >= 0.6 is 0 Å². The van der Waals surface area contributed by atoms with E-state index in [4.69, 9.17) is 0 Å². The molecule has 0 saturated carbocycles. The van der Waals surface area contributed by atoms with Crippen molar-refractivity contribution in [2.75, 3.05) is 13.2 Å². The molecule has 0 aliphatic carbocycles. The largest absolute Gasteiger partial charge is 0.465 e. The van der Waals surface area contributed by atoms with E-state index in [1.807, 2.05) is 4.90 Å². The SMILES string of the molecule is CCCCC1C(CCCO)CCN(C(=O)O)C1(CCCC)CCCC. The molecule has 25 heavy (non-hydrogen) atoms. The fourth-order valence-corrected chi connectivity index (χ4v) is 5.00. The summed E-state index contributed by atoms with van der Waals surface area (Å²) in [6, 6.07) is 0. The van der Waals surface area contributed by atoms with Gasteiger partial charge in [-0.05, 0) is 50.4 Å². The number of nitrogens with zero attached hydrogens (tertiary/aromatic N) is 1. The molecular formula is C21H41NO3. The molecule has 148 valence electrons. The van der Waals surface area contributed by atoms with Crippen LogP contribution in [0.2, 0.25) is 0 Å². The molecule has 1 heterocycles. The summed E-state index contributed by atoms with van der Waals surface area (Å²) in [6.45, 7) is 7.54. The van der Waals surface area contributed by atoms with Crippen LogP contribution in [0.5, 0.6) is 0 Å². The number of hydrogen-bond donors (Lipinski definition) is 2. The van der Waals surface area contributed by atoms with Gasteiger partial charge in [0.1, 0.15) is 0 Å². The molecule has 4 heteroatoms. The third-order valence-electron chi connectivity index (χ3n) is 6.28. The zero-order valence-electron chi connectivity index (χ0n) is 16.8.